The van der Waals surface area contributed by atoms with Crippen molar-refractivity contribution < 1.29 is 71.2 Å². The zero-order valence-corrected chi connectivity index (χ0v) is 33.4. The summed E-state index contributed by atoms with van der Waals surface area (Å²) >= 11 is 0. The van der Waals surface area contributed by atoms with Crippen molar-refractivity contribution in [1.82, 2.24) is 0 Å². The molecule has 6 aromatic rings. The van der Waals surface area contributed by atoms with Gasteiger partial charge in [-0.15, -0.1) is 14.7 Å². The summed E-state index contributed by atoms with van der Waals surface area (Å²) < 4.78 is 15.4. The van der Waals surface area contributed by atoms with Gasteiger partial charge in [-0.2, -0.15) is 0 Å². The summed E-state index contributed by atoms with van der Waals surface area (Å²) in [6, 6.07) is 30.7. The molecule has 0 saturated carbocycles. The third-order valence-electron chi connectivity index (χ3n) is 7.97. The molecule has 5 N–H and O–H groups in total. The number of esters is 3. The second-order valence-corrected chi connectivity index (χ2v) is 12.1. The van der Waals surface area contributed by atoms with E-state index in [9.17, 15) is 44.4 Å². The molecule has 0 radical (unpaired) electrons. The quantitative estimate of drug-likeness (QED) is 0.0251. The summed E-state index contributed by atoms with van der Waals surface area (Å²) in [5, 5.41) is 53.1. The molecule has 0 aliphatic carbocycles. The largest absolute Gasteiger partial charge is 2.00 e. The number of phenols is 3. The Hall–Kier alpha value is -8.73. The fourth-order valence-electron chi connectivity index (χ4n) is 4.81. The van der Waals surface area contributed by atoms with Gasteiger partial charge in [0.15, 0.2) is 0 Å². The van der Waals surface area contributed by atoms with Crippen molar-refractivity contribution in [3.63, 3.8) is 0 Å². The molecule has 18 heteroatoms. The van der Waals surface area contributed by atoms with Gasteiger partial charge in [0.2, 0.25) is 0 Å². The van der Waals surface area contributed by atoms with Gasteiger partial charge in [0.05, 0.1) is 29.2 Å². The number of hydrogen-bond acceptors (Lipinski definition) is 17. The van der Waals surface area contributed by atoms with Gasteiger partial charge in [0.25, 0.3) is 0 Å². The molecule has 0 bridgehead atoms. The summed E-state index contributed by atoms with van der Waals surface area (Å²) in [4.78, 5) is 67.1. The van der Waals surface area contributed by atoms with E-state index in [-0.39, 0.29) is 68.1 Å². The fourth-order valence-corrected chi connectivity index (χ4v) is 4.81. The number of ether oxygens (including phenoxy) is 3. The number of phenolic OH excluding ortho intramolecular Hbond substituents is 3. The number of hydrogen-bond donors (Lipinski definition) is 5. The number of carbonyl (C=O) groups is 3. The number of aliphatic hydroxyl groups excluding tert-OH is 2. The molecule has 0 atom stereocenters. The van der Waals surface area contributed by atoms with E-state index in [0.29, 0.717) is 17.2 Å². The van der Waals surface area contributed by atoms with Crippen LogP contribution in [0.25, 0.3) is 18.2 Å². The van der Waals surface area contributed by atoms with Crippen molar-refractivity contribution in [2.75, 3.05) is 0 Å². The van der Waals surface area contributed by atoms with Crippen molar-refractivity contribution >= 4 is 53.2 Å². The Labute approximate surface area is 367 Å². The second-order valence-electron chi connectivity index (χ2n) is 12.1. The molecule has 6 rings (SSSR count). The molecule has 0 aliphatic heterocycles. The topological polar surface area (TPSA) is 268 Å². The first-order chi connectivity index (χ1) is 29.9. The standard InChI is InChI=1S/2C15H11NO5.C15H11NO4.Fe/c2*17-8-7-10-1-4-12(5-2-10)21-15(19)11-3-6-14(18)13(9-11)16-20;1-2-10-3-6-12(7-4-10)20-15(18)11-5-8-14(17)13(9-11)16-19;/h2*1-9,17-18H;2-9,17H,1H2;/q;;;+2/b2*8-7+;;. The van der Waals surface area contributed by atoms with Gasteiger partial charge in [0.1, 0.15) is 51.6 Å². The molecule has 0 heterocycles. The number of nitroso groups, excluding NO2 is 3. The SMILES string of the molecule is C=Cc1ccc(OC(=O)c2ccc(O)c(N=O)c2)cc1.O=Nc1cc(C(=O)Oc2ccc(/C=C/O)cc2)ccc1O.O=Nc1cc(C(=O)Oc2ccc(/C=C/O)cc2)ccc1O.[Fe+2]. The Morgan fingerprint density at radius 3 is 0.952 bits per heavy atom. The first-order valence-corrected chi connectivity index (χ1v) is 17.6. The number of nitrogens with zero attached hydrogens (tertiary/aromatic N) is 3. The Morgan fingerprint density at radius 2 is 0.714 bits per heavy atom. The van der Waals surface area contributed by atoms with Crippen LogP contribution in [0.4, 0.5) is 17.1 Å². The van der Waals surface area contributed by atoms with Crippen molar-refractivity contribution in [3.8, 4) is 34.5 Å². The van der Waals surface area contributed by atoms with Gasteiger partial charge in [-0.05, 0) is 135 Å². The molecule has 0 fully saturated rings. The first-order valence-electron chi connectivity index (χ1n) is 17.6. The average Bonchev–Trinajstić information content (AvgIpc) is 3.29. The van der Waals surface area contributed by atoms with Crippen LogP contribution in [-0.2, 0) is 17.1 Å². The summed E-state index contributed by atoms with van der Waals surface area (Å²) in [6.07, 6.45) is 6.45. The minimum atomic E-state index is -0.676. The number of aliphatic hydroxyl groups is 2. The summed E-state index contributed by atoms with van der Waals surface area (Å²) in [6.45, 7) is 3.63. The third-order valence-corrected chi connectivity index (χ3v) is 7.97. The summed E-state index contributed by atoms with van der Waals surface area (Å²) in [5.74, 6) is -1.89. The molecule has 0 aromatic heterocycles. The minimum Gasteiger partial charge on any atom is -0.516 e. The van der Waals surface area contributed by atoms with Crippen LogP contribution in [0.2, 0.25) is 0 Å². The first kappa shape index (κ1) is 48.6. The minimum absolute atomic E-state index is 0. The maximum absolute atomic E-state index is 11.9. The van der Waals surface area contributed by atoms with Crippen molar-refractivity contribution in [1.29, 1.82) is 0 Å². The summed E-state index contributed by atoms with van der Waals surface area (Å²) in [7, 11) is 0. The van der Waals surface area contributed by atoms with E-state index in [1.54, 1.807) is 78.9 Å². The van der Waals surface area contributed by atoms with Gasteiger partial charge < -0.3 is 39.7 Å². The van der Waals surface area contributed by atoms with Gasteiger partial charge in [0, 0.05) is 0 Å². The average molecular weight is 896 g/mol. The van der Waals surface area contributed by atoms with Crippen molar-refractivity contribution in [2.45, 2.75) is 0 Å². The fraction of sp³-hybridized carbons (Fsp3) is 0. The molecular weight excluding hydrogens is 862 g/mol. The van der Waals surface area contributed by atoms with E-state index in [1.165, 1.54) is 54.6 Å². The van der Waals surface area contributed by atoms with Crippen LogP contribution in [0.3, 0.4) is 0 Å². The van der Waals surface area contributed by atoms with Crippen molar-refractivity contribution in [3.05, 3.63) is 195 Å². The van der Waals surface area contributed by atoms with Crippen LogP contribution in [-0.4, -0.2) is 43.4 Å². The van der Waals surface area contributed by atoms with E-state index in [1.807, 2.05) is 0 Å². The maximum Gasteiger partial charge on any atom is 2.00 e. The molecule has 0 unspecified atom stereocenters. The zero-order valence-electron chi connectivity index (χ0n) is 32.3. The van der Waals surface area contributed by atoms with Crippen molar-refractivity contribution in [2.24, 2.45) is 15.5 Å². The van der Waals surface area contributed by atoms with E-state index in [2.05, 4.69) is 22.1 Å². The monoisotopic (exact) mass is 895 g/mol. The van der Waals surface area contributed by atoms with Crippen LogP contribution in [0.5, 0.6) is 34.5 Å². The maximum atomic E-state index is 11.9. The van der Waals surface area contributed by atoms with Crippen LogP contribution in [0.1, 0.15) is 47.8 Å². The molecule has 0 aliphatic rings. The second kappa shape index (κ2) is 24.4. The van der Waals surface area contributed by atoms with Crippen LogP contribution >= 0.6 is 0 Å². The predicted molar refractivity (Wildman–Crippen MR) is 228 cm³/mol. The molecule has 0 saturated heterocycles. The predicted octanol–water partition coefficient (Wildman–Crippen LogP) is 10.7. The van der Waals surface area contributed by atoms with E-state index < -0.39 is 17.9 Å². The summed E-state index contributed by atoms with van der Waals surface area (Å²) in [5.41, 5.74) is 2.06. The Kier molecular flexibility index (Phi) is 18.8. The van der Waals surface area contributed by atoms with E-state index in [4.69, 9.17) is 24.4 Å². The molecule has 318 valence electrons. The molecular formula is C45H33FeN3O14+2. The van der Waals surface area contributed by atoms with E-state index >= 15 is 0 Å². The van der Waals surface area contributed by atoms with Crippen LogP contribution < -0.4 is 14.2 Å². The van der Waals surface area contributed by atoms with Gasteiger partial charge in [-0.1, -0.05) is 49.1 Å². The van der Waals surface area contributed by atoms with Gasteiger partial charge in [-0.3, -0.25) is 0 Å². The molecule has 17 nitrogen and oxygen atoms in total. The molecule has 0 spiro atoms. The number of rotatable bonds is 12. The Morgan fingerprint density at radius 1 is 0.444 bits per heavy atom. The Balaban J connectivity index is 0.000000250. The third kappa shape index (κ3) is 14.5. The smallest absolute Gasteiger partial charge is 0.516 e. The molecule has 6 aromatic carbocycles. The molecule has 63 heavy (non-hydrogen) atoms. The molecule has 0 amide bonds. The van der Waals surface area contributed by atoms with Gasteiger partial charge in [-0.25, -0.2) is 14.4 Å². The number of aromatic hydroxyl groups is 3. The van der Waals surface area contributed by atoms with E-state index in [0.717, 1.165) is 41.3 Å². The number of benzene rings is 6. The van der Waals surface area contributed by atoms with Crippen LogP contribution in [0, 0.1) is 14.7 Å². The number of carbonyl (C=O) groups excluding carboxylic acids is 3. The van der Waals surface area contributed by atoms with Crippen LogP contribution in [0.15, 0.2) is 162 Å². The normalized spacial score (nSPS) is 10.1. The van der Waals surface area contributed by atoms with Gasteiger partial charge >= 0.3 is 35.0 Å². The Bertz CT molecular complexity index is 2510. The zero-order chi connectivity index (χ0) is 45.0.